The van der Waals surface area contributed by atoms with Crippen LogP contribution in [0.25, 0.3) is 0 Å². The van der Waals surface area contributed by atoms with Crippen molar-refractivity contribution in [3.63, 3.8) is 0 Å². The van der Waals surface area contributed by atoms with Crippen molar-refractivity contribution in [3.05, 3.63) is 69.8 Å². The Balaban J connectivity index is 1.65. The van der Waals surface area contributed by atoms with Gasteiger partial charge in [0.25, 0.3) is 5.69 Å². The van der Waals surface area contributed by atoms with E-state index in [1.165, 1.54) is 23.3 Å². The van der Waals surface area contributed by atoms with Gasteiger partial charge in [-0.25, -0.2) is 0 Å². The molecule has 3 rings (SSSR count). The molecule has 0 fully saturated rings. The summed E-state index contributed by atoms with van der Waals surface area (Å²) in [6.45, 7) is 0.238. The number of rotatable bonds is 5. The molecule has 1 atom stereocenters. The maximum Gasteiger partial charge on any atom is 0.271 e. The standard InChI is InChI=1S/C19H21N3O3/c1-21(18-11-4-7-14-6-2-3-10-17(14)18)13-19(23)20-15-8-5-9-16(12-15)22(24)25/h2-3,5-6,8-10,12,18H,4,7,11,13H2,1H3,(H,20,23)/t18-/m1/s1. The maximum absolute atomic E-state index is 12.3. The number of fused-ring (bicyclic) bond motifs is 1. The van der Waals surface area contributed by atoms with Crippen LogP contribution in [0.4, 0.5) is 11.4 Å². The largest absolute Gasteiger partial charge is 0.325 e. The Morgan fingerprint density at radius 3 is 2.88 bits per heavy atom. The van der Waals surface area contributed by atoms with Gasteiger partial charge in [-0.2, -0.15) is 0 Å². The number of anilines is 1. The zero-order valence-electron chi connectivity index (χ0n) is 14.1. The van der Waals surface area contributed by atoms with Crippen molar-refractivity contribution in [2.45, 2.75) is 25.3 Å². The monoisotopic (exact) mass is 339 g/mol. The highest BCUT2D eigenvalue weighted by Crippen LogP contribution is 2.33. The molecule has 0 spiro atoms. The summed E-state index contributed by atoms with van der Waals surface area (Å²) in [6, 6.07) is 14.6. The zero-order chi connectivity index (χ0) is 17.8. The van der Waals surface area contributed by atoms with Gasteiger partial charge in [-0.3, -0.25) is 19.8 Å². The molecule has 0 heterocycles. The van der Waals surface area contributed by atoms with Crippen LogP contribution in [0.2, 0.25) is 0 Å². The molecule has 0 unspecified atom stereocenters. The fourth-order valence-corrected chi connectivity index (χ4v) is 3.42. The van der Waals surface area contributed by atoms with E-state index in [0.717, 1.165) is 19.3 Å². The summed E-state index contributed by atoms with van der Waals surface area (Å²) in [5.41, 5.74) is 3.05. The van der Waals surface area contributed by atoms with Crippen molar-refractivity contribution in [2.24, 2.45) is 0 Å². The fraction of sp³-hybridized carbons (Fsp3) is 0.316. The molecule has 0 aliphatic heterocycles. The second-order valence-electron chi connectivity index (χ2n) is 6.38. The zero-order valence-corrected chi connectivity index (χ0v) is 14.1. The molecule has 0 saturated heterocycles. The van der Waals surface area contributed by atoms with Crippen molar-refractivity contribution in [2.75, 3.05) is 18.9 Å². The average molecular weight is 339 g/mol. The van der Waals surface area contributed by atoms with E-state index in [0.29, 0.717) is 5.69 Å². The third-order valence-corrected chi connectivity index (χ3v) is 4.60. The van der Waals surface area contributed by atoms with E-state index in [2.05, 4.69) is 23.5 Å². The predicted molar refractivity (Wildman–Crippen MR) is 96.5 cm³/mol. The number of non-ortho nitro benzene ring substituents is 1. The lowest BCUT2D eigenvalue weighted by Crippen LogP contribution is -2.34. The Labute approximate surface area is 146 Å². The van der Waals surface area contributed by atoms with Gasteiger partial charge in [0.2, 0.25) is 5.91 Å². The predicted octanol–water partition coefficient (Wildman–Crippen LogP) is 3.54. The Morgan fingerprint density at radius 2 is 2.08 bits per heavy atom. The number of benzene rings is 2. The van der Waals surface area contributed by atoms with Crippen LogP contribution in [0.15, 0.2) is 48.5 Å². The summed E-state index contributed by atoms with van der Waals surface area (Å²) < 4.78 is 0. The van der Waals surface area contributed by atoms with Crippen LogP contribution in [0.1, 0.15) is 30.0 Å². The van der Waals surface area contributed by atoms with Crippen LogP contribution in [0.5, 0.6) is 0 Å². The van der Waals surface area contributed by atoms with Gasteiger partial charge >= 0.3 is 0 Å². The molecule has 0 radical (unpaired) electrons. The number of nitrogens with zero attached hydrogens (tertiary/aromatic N) is 2. The minimum absolute atomic E-state index is 0.0348. The lowest BCUT2D eigenvalue weighted by atomic mass is 9.87. The number of hydrogen-bond acceptors (Lipinski definition) is 4. The molecule has 0 saturated carbocycles. The first-order valence-electron chi connectivity index (χ1n) is 8.37. The molecule has 1 N–H and O–H groups in total. The highest BCUT2D eigenvalue weighted by Gasteiger charge is 2.24. The van der Waals surface area contributed by atoms with Crippen molar-refractivity contribution in [1.82, 2.24) is 4.90 Å². The van der Waals surface area contributed by atoms with E-state index < -0.39 is 4.92 Å². The van der Waals surface area contributed by atoms with E-state index in [1.807, 2.05) is 18.0 Å². The molecule has 2 aromatic carbocycles. The van der Waals surface area contributed by atoms with Crippen molar-refractivity contribution >= 4 is 17.3 Å². The lowest BCUT2D eigenvalue weighted by molar-refractivity contribution is -0.384. The third-order valence-electron chi connectivity index (χ3n) is 4.60. The number of nitrogens with one attached hydrogen (secondary N) is 1. The van der Waals surface area contributed by atoms with Gasteiger partial charge in [-0.1, -0.05) is 30.3 Å². The van der Waals surface area contributed by atoms with Crippen LogP contribution in [0.3, 0.4) is 0 Å². The number of aryl methyl sites for hydroxylation is 1. The summed E-state index contributed by atoms with van der Waals surface area (Å²) in [5, 5.41) is 13.6. The summed E-state index contributed by atoms with van der Waals surface area (Å²) in [5.74, 6) is -0.175. The van der Waals surface area contributed by atoms with E-state index in [9.17, 15) is 14.9 Å². The second-order valence-corrected chi connectivity index (χ2v) is 6.38. The third kappa shape index (κ3) is 4.03. The first-order valence-corrected chi connectivity index (χ1v) is 8.37. The Hall–Kier alpha value is -2.73. The normalized spacial score (nSPS) is 16.3. The van der Waals surface area contributed by atoms with Crippen molar-refractivity contribution in [3.8, 4) is 0 Å². The number of likely N-dealkylation sites (N-methyl/N-ethyl adjacent to an activating group) is 1. The molecular weight excluding hydrogens is 318 g/mol. The summed E-state index contributed by atoms with van der Waals surface area (Å²) in [6.07, 6.45) is 3.22. The van der Waals surface area contributed by atoms with Crippen LogP contribution in [-0.2, 0) is 11.2 Å². The average Bonchev–Trinajstić information content (AvgIpc) is 2.61. The molecule has 6 heteroatoms. The summed E-state index contributed by atoms with van der Waals surface area (Å²) in [7, 11) is 1.94. The molecule has 2 aromatic rings. The molecule has 130 valence electrons. The molecule has 0 aromatic heterocycles. The molecule has 1 aliphatic rings. The molecule has 1 aliphatic carbocycles. The minimum Gasteiger partial charge on any atom is -0.325 e. The van der Waals surface area contributed by atoms with E-state index in [1.54, 1.807) is 12.1 Å². The maximum atomic E-state index is 12.3. The number of amides is 1. The molecule has 25 heavy (non-hydrogen) atoms. The van der Waals surface area contributed by atoms with Gasteiger partial charge < -0.3 is 5.32 Å². The van der Waals surface area contributed by atoms with Gasteiger partial charge in [-0.05, 0) is 43.5 Å². The molecule has 0 bridgehead atoms. The highest BCUT2D eigenvalue weighted by atomic mass is 16.6. The van der Waals surface area contributed by atoms with E-state index >= 15 is 0 Å². The van der Waals surface area contributed by atoms with Gasteiger partial charge in [0, 0.05) is 23.9 Å². The number of carbonyl (C=O) groups excluding carboxylic acids is 1. The second kappa shape index (κ2) is 7.44. The van der Waals surface area contributed by atoms with Gasteiger partial charge in [0.05, 0.1) is 11.5 Å². The van der Waals surface area contributed by atoms with Gasteiger partial charge in [-0.15, -0.1) is 0 Å². The van der Waals surface area contributed by atoms with Crippen LogP contribution < -0.4 is 5.32 Å². The fourth-order valence-electron chi connectivity index (χ4n) is 3.42. The SMILES string of the molecule is CN(CC(=O)Nc1cccc([N+](=O)[O-])c1)[C@@H]1CCCc2ccccc21. The lowest BCUT2D eigenvalue weighted by Gasteiger charge is -2.32. The quantitative estimate of drug-likeness (QED) is 0.668. The van der Waals surface area contributed by atoms with Gasteiger partial charge in [0.1, 0.15) is 0 Å². The van der Waals surface area contributed by atoms with E-state index in [4.69, 9.17) is 0 Å². The van der Waals surface area contributed by atoms with Crippen LogP contribution >= 0.6 is 0 Å². The topological polar surface area (TPSA) is 75.5 Å². The molecule has 6 nitrogen and oxygen atoms in total. The smallest absolute Gasteiger partial charge is 0.271 e. The van der Waals surface area contributed by atoms with Crippen LogP contribution in [-0.4, -0.2) is 29.3 Å². The van der Waals surface area contributed by atoms with E-state index in [-0.39, 0.29) is 24.2 Å². The Morgan fingerprint density at radius 1 is 1.28 bits per heavy atom. The highest BCUT2D eigenvalue weighted by molar-refractivity contribution is 5.92. The Bertz CT molecular complexity index is 791. The molecular formula is C19H21N3O3. The summed E-state index contributed by atoms with van der Waals surface area (Å²) in [4.78, 5) is 24.7. The first-order chi connectivity index (χ1) is 12.0. The number of hydrogen-bond donors (Lipinski definition) is 1. The Kier molecular flexibility index (Phi) is 5.09. The number of carbonyl (C=O) groups is 1. The first kappa shape index (κ1) is 17.1. The number of nitro benzene ring substituents is 1. The van der Waals surface area contributed by atoms with Crippen molar-refractivity contribution in [1.29, 1.82) is 0 Å². The molecule has 1 amide bonds. The van der Waals surface area contributed by atoms with Crippen LogP contribution in [0, 0.1) is 10.1 Å². The number of nitro groups is 1. The van der Waals surface area contributed by atoms with Gasteiger partial charge in [0.15, 0.2) is 0 Å². The summed E-state index contributed by atoms with van der Waals surface area (Å²) >= 11 is 0. The van der Waals surface area contributed by atoms with Crippen molar-refractivity contribution < 1.29 is 9.72 Å². The minimum atomic E-state index is -0.471.